The molecule has 0 aliphatic heterocycles. The van der Waals surface area contributed by atoms with Crippen molar-refractivity contribution in [1.29, 1.82) is 0 Å². The van der Waals surface area contributed by atoms with Gasteiger partial charge in [-0.25, -0.2) is 0 Å². The van der Waals surface area contributed by atoms with Gasteiger partial charge in [-0.05, 0) is 37.2 Å². The van der Waals surface area contributed by atoms with Crippen LogP contribution in [0.25, 0.3) is 10.8 Å². The Kier molecular flexibility index (Phi) is 7.57. The number of fused-ring (bicyclic) bond motifs is 1. The van der Waals surface area contributed by atoms with Crippen LogP contribution in [0.1, 0.15) is 46.1 Å². The van der Waals surface area contributed by atoms with E-state index in [9.17, 15) is 5.11 Å². The summed E-state index contributed by atoms with van der Waals surface area (Å²) in [5.41, 5.74) is 1.02. The van der Waals surface area contributed by atoms with E-state index in [4.69, 9.17) is 9.47 Å². The zero-order chi connectivity index (χ0) is 18.2. The monoisotopic (exact) mass is 344 g/mol. The van der Waals surface area contributed by atoms with Crippen molar-refractivity contribution in [2.24, 2.45) is 11.8 Å². The van der Waals surface area contributed by atoms with Crippen LogP contribution in [-0.2, 0) is 6.42 Å². The maximum absolute atomic E-state index is 9.47. The average molecular weight is 344 g/mol. The van der Waals surface area contributed by atoms with Gasteiger partial charge in [0.2, 0.25) is 0 Å². The molecule has 0 unspecified atom stereocenters. The fourth-order valence-electron chi connectivity index (χ4n) is 2.77. The molecule has 0 aromatic heterocycles. The van der Waals surface area contributed by atoms with E-state index in [1.807, 2.05) is 18.2 Å². The van der Waals surface area contributed by atoms with E-state index in [1.165, 1.54) is 0 Å². The first-order chi connectivity index (χ1) is 12.0. The lowest BCUT2D eigenvalue weighted by atomic mass is 10.0. The zero-order valence-electron chi connectivity index (χ0n) is 16.0. The van der Waals surface area contributed by atoms with E-state index in [-0.39, 0.29) is 6.61 Å². The van der Waals surface area contributed by atoms with Gasteiger partial charge in [-0.15, -0.1) is 0 Å². The van der Waals surface area contributed by atoms with Crippen LogP contribution in [0.15, 0.2) is 30.3 Å². The Morgan fingerprint density at radius 1 is 0.880 bits per heavy atom. The van der Waals surface area contributed by atoms with Crippen LogP contribution in [0.3, 0.4) is 0 Å². The number of benzene rings is 2. The number of aliphatic hydroxyl groups is 1. The van der Waals surface area contributed by atoms with Crippen molar-refractivity contribution >= 4 is 10.8 Å². The molecule has 2 aromatic rings. The van der Waals surface area contributed by atoms with E-state index in [0.29, 0.717) is 31.5 Å². The predicted molar refractivity (Wildman–Crippen MR) is 105 cm³/mol. The molecule has 0 fully saturated rings. The summed E-state index contributed by atoms with van der Waals surface area (Å²) in [6.45, 7) is 10.3. The summed E-state index contributed by atoms with van der Waals surface area (Å²) < 4.78 is 12.2. The second-order valence-electron chi connectivity index (χ2n) is 7.44. The Balaban J connectivity index is 2.36. The zero-order valence-corrected chi connectivity index (χ0v) is 16.0. The van der Waals surface area contributed by atoms with E-state index in [0.717, 1.165) is 40.7 Å². The minimum absolute atomic E-state index is 0.102. The highest BCUT2D eigenvalue weighted by Gasteiger charge is 2.14. The summed E-state index contributed by atoms with van der Waals surface area (Å²) in [7, 11) is 0. The molecule has 138 valence electrons. The Hall–Kier alpha value is -1.74. The van der Waals surface area contributed by atoms with Crippen molar-refractivity contribution in [2.75, 3.05) is 19.8 Å². The summed E-state index contributed by atoms with van der Waals surface area (Å²) >= 11 is 0. The lowest BCUT2D eigenvalue weighted by molar-refractivity contribution is 0.275. The van der Waals surface area contributed by atoms with Crippen molar-refractivity contribution in [1.82, 2.24) is 0 Å². The van der Waals surface area contributed by atoms with Gasteiger partial charge in [-0.1, -0.05) is 52.0 Å². The maximum atomic E-state index is 9.47. The number of hydrogen-bond donors (Lipinski definition) is 1. The first-order valence-electron chi connectivity index (χ1n) is 9.44. The van der Waals surface area contributed by atoms with Crippen molar-refractivity contribution in [3.05, 3.63) is 35.9 Å². The first kappa shape index (κ1) is 19.6. The molecule has 0 bridgehead atoms. The van der Waals surface area contributed by atoms with Crippen LogP contribution in [0.2, 0.25) is 0 Å². The smallest absolute Gasteiger partial charge is 0.130 e. The highest BCUT2D eigenvalue weighted by molar-refractivity contribution is 5.94. The lowest BCUT2D eigenvalue weighted by Crippen LogP contribution is -2.07. The predicted octanol–water partition coefficient (Wildman–Crippen LogP) is 5.22. The molecular weight excluding hydrogens is 312 g/mol. The van der Waals surface area contributed by atoms with Gasteiger partial charge >= 0.3 is 0 Å². The largest absolute Gasteiger partial charge is 0.493 e. The van der Waals surface area contributed by atoms with Crippen LogP contribution < -0.4 is 9.47 Å². The second-order valence-corrected chi connectivity index (χ2v) is 7.44. The van der Waals surface area contributed by atoms with Gasteiger partial charge in [-0.3, -0.25) is 0 Å². The van der Waals surface area contributed by atoms with Gasteiger partial charge in [0.05, 0.1) is 13.2 Å². The lowest BCUT2D eigenvalue weighted by Gasteiger charge is -2.18. The first-order valence-corrected chi connectivity index (χ1v) is 9.44. The van der Waals surface area contributed by atoms with Crippen LogP contribution in [0, 0.1) is 11.8 Å². The molecular formula is C22H32O3. The van der Waals surface area contributed by atoms with Crippen molar-refractivity contribution in [3.8, 4) is 11.5 Å². The molecule has 0 aliphatic rings. The number of rotatable bonds is 10. The van der Waals surface area contributed by atoms with Crippen LogP contribution >= 0.6 is 0 Å². The van der Waals surface area contributed by atoms with Crippen LogP contribution in [0.5, 0.6) is 11.5 Å². The molecule has 0 spiro atoms. The number of aliphatic hydroxyl groups excluding tert-OH is 1. The normalized spacial score (nSPS) is 11.5. The quantitative estimate of drug-likeness (QED) is 0.642. The number of ether oxygens (including phenoxy) is 2. The van der Waals surface area contributed by atoms with E-state index in [1.54, 1.807) is 0 Å². The molecule has 2 aromatic carbocycles. The third-order valence-electron chi connectivity index (χ3n) is 4.31. The van der Waals surface area contributed by atoms with Gasteiger partial charge < -0.3 is 14.6 Å². The van der Waals surface area contributed by atoms with Crippen molar-refractivity contribution in [3.63, 3.8) is 0 Å². The summed E-state index contributed by atoms with van der Waals surface area (Å²) in [6, 6.07) is 10.3. The summed E-state index contributed by atoms with van der Waals surface area (Å²) in [4.78, 5) is 0. The highest BCUT2D eigenvalue weighted by atomic mass is 16.5. The van der Waals surface area contributed by atoms with Crippen LogP contribution in [-0.4, -0.2) is 24.9 Å². The Morgan fingerprint density at radius 3 is 2.08 bits per heavy atom. The molecule has 0 saturated carbocycles. The van der Waals surface area contributed by atoms with E-state index in [2.05, 4.69) is 39.8 Å². The van der Waals surface area contributed by atoms with Gasteiger partial charge in [0.15, 0.2) is 0 Å². The SMILES string of the molecule is CC(C)CCOc1cc(CCO)c(OCCC(C)C)c2ccccc12. The third-order valence-corrected chi connectivity index (χ3v) is 4.31. The van der Waals surface area contributed by atoms with Gasteiger partial charge in [0, 0.05) is 22.9 Å². The fraction of sp³-hybridized carbons (Fsp3) is 0.545. The van der Waals surface area contributed by atoms with E-state index >= 15 is 0 Å². The van der Waals surface area contributed by atoms with Crippen LogP contribution in [0.4, 0.5) is 0 Å². The molecule has 3 nitrogen and oxygen atoms in total. The summed E-state index contributed by atoms with van der Waals surface area (Å²) in [6.07, 6.45) is 2.61. The summed E-state index contributed by atoms with van der Waals surface area (Å²) in [5, 5.41) is 11.6. The van der Waals surface area contributed by atoms with Crippen molar-refractivity contribution in [2.45, 2.75) is 47.0 Å². The summed E-state index contributed by atoms with van der Waals surface area (Å²) in [5.74, 6) is 2.99. The maximum Gasteiger partial charge on any atom is 0.130 e. The minimum Gasteiger partial charge on any atom is -0.493 e. The molecule has 3 heteroatoms. The molecule has 2 rings (SSSR count). The topological polar surface area (TPSA) is 38.7 Å². The average Bonchev–Trinajstić information content (AvgIpc) is 2.57. The Bertz CT molecular complexity index is 662. The number of hydrogen-bond acceptors (Lipinski definition) is 3. The highest BCUT2D eigenvalue weighted by Crippen LogP contribution is 2.37. The Labute approximate surface area is 152 Å². The Morgan fingerprint density at radius 2 is 1.48 bits per heavy atom. The molecule has 25 heavy (non-hydrogen) atoms. The van der Waals surface area contributed by atoms with E-state index < -0.39 is 0 Å². The molecule has 0 atom stereocenters. The molecule has 0 saturated heterocycles. The third kappa shape index (κ3) is 5.64. The molecule has 0 aliphatic carbocycles. The molecule has 1 N–H and O–H groups in total. The van der Waals surface area contributed by atoms with Gasteiger partial charge in [-0.2, -0.15) is 0 Å². The standard InChI is InChI=1S/C22H32O3/c1-16(2)10-13-24-21-15-18(9-12-23)22(25-14-11-17(3)4)20-8-6-5-7-19(20)21/h5-8,15-17,23H,9-14H2,1-4H3. The molecule has 0 amide bonds. The minimum atomic E-state index is 0.102. The van der Waals surface area contributed by atoms with Gasteiger partial charge in [0.25, 0.3) is 0 Å². The molecule has 0 heterocycles. The fourth-order valence-corrected chi connectivity index (χ4v) is 2.77. The second kappa shape index (κ2) is 9.67. The van der Waals surface area contributed by atoms with Crippen molar-refractivity contribution < 1.29 is 14.6 Å². The van der Waals surface area contributed by atoms with Gasteiger partial charge in [0.1, 0.15) is 11.5 Å². The molecule has 0 radical (unpaired) electrons.